The van der Waals surface area contributed by atoms with Gasteiger partial charge in [0.15, 0.2) is 5.96 Å². The maximum absolute atomic E-state index is 5.88. The highest BCUT2D eigenvalue weighted by atomic mass is 15.1. The van der Waals surface area contributed by atoms with Gasteiger partial charge in [-0.2, -0.15) is 0 Å². The van der Waals surface area contributed by atoms with Gasteiger partial charge in [0.05, 0.1) is 6.54 Å². The van der Waals surface area contributed by atoms with Crippen molar-refractivity contribution in [2.45, 2.75) is 6.54 Å². The fourth-order valence-electron chi connectivity index (χ4n) is 1.79. The summed E-state index contributed by atoms with van der Waals surface area (Å²) in [5, 5.41) is 3.09. The van der Waals surface area contributed by atoms with E-state index in [1.165, 1.54) is 0 Å². The van der Waals surface area contributed by atoms with Crippen molar-refractivity contribution in [2.24, 2.45) is 10.7 Å². The molecule has 0 radical (unpaired) electrons. The number of anilines is 2. The van der Waals surface area contributed by atoms with E-state index in [9.17, 15) is 0 Å². The summed E-state index contributed by atoms with van der Waals surface area (Å²) in [6.45, 7) is 0.579. The van der Waals surface area contributed by atoms with Gasteiger partial charge in [-0.05, 0) is 29.8 Å². The summed E-state index contributed by atoms with van der Waals surface area (Å²) in [6.07, 6.45) is 0. The molecule has 2 aromatic carbocycles. The minimum atomic E-state index is 0.423. The molecule has 4 nitrogen and oxygen atoms in total. The third-order valence-corrected chi connectivity index (χ3v) is 2.93. The summed E-state index contributed by atoms with van der Waals surface area (Å²) in [5.41, 5.74) is 9.10. The fraction of sp³-hybridized carbons (Fsp3) is 0.188. The first-order valence-corrected chi connectivity index (χ1v) is 6.53. The van der Waals surface area contributed by atoms with Gasteiger partial charge in [0.2, 0.25) is 0 Å². The third kappa shape index (κ3) is 4.02. The second-order valence-corrected chi connectivity index (χ2v) is 4.75. The van der Waals surface area contributed by atoms with Crippen LogP contribution in [0, 0.1) is 0 Å². The SMILES string of the molecule is CN(C)c1ccc(NC(N)=NCc2ccccc2)cc1. The number of hydrogen-bond donors (Lipinski definition) is 2. The van der Waals surface area contributed by atoms with Crippen LogP contribution in [-0.2, 0) is 6.54 Å². The van der Waals surface area contributed by atoms with Crippen molar-refractivity contribution >= 4 is 17.3 Å². The molecule has 4 heteroatoms. The first kappa shape index (κ1) is 13.9. The molecular formula is C16H20N4. The smallest absolute Gasteiger partial charge is 0.193 e. The largest absolute Gasteiger partial charge is 0.378 e. The van der Waals surface area contributed by atoms with E-state index in [0.29, 0.717) is 12.5 Å². The van der Waals surface area contributed by atoms with Crippen LogP contribution >= 0.6 is 0 Å². The molecule has 0 aliphatic carbocycles. The van der Waals surface area contributed by atoms with Gasteiger partial charge in [-0.3, -0.25) is 0 Å². The number of aliphatic imine (C=N–C) groups is 1. The molecule has 0 amide bonds. The fourth-order valence-corrected chi connectivity index (χ4v) is 1.79. The molecule has 0 bridgehead atoms. The van der Waals surface area contributed by atoms with Gasteiger partial charge >= 0.3 is 0 Å². The Morgan fingerprint density at radius 1 is 1.05 bits per heavy atom. The highest BCUT2D eigenvalue weighted by Gasteiger charge is 1.97. The van der Waals surface area contributed by atoms with Crippen molar-refractivity contribution in [2.75, 3.05) is 24.3 Å². The molecule has 0 saturated heterocycles. The first-order valence-electron chi connectivity index (χ1n) is 6.53. The van der Waals surface area contributed by atoms with Crippen LogP contribution in [0.15, 0.2) is 59.6 Å². The average Bonchev–Trinajstić information content (AvgIpc) is 2.47. The highest BCUT2D eigenvalue weighted by Crippen LogP contribution is 2.15. The molecule has 0 aromatic heterocycles. The van der Waals surface area contributed by atoms with Gasteiger partial charge in [0, 0.05) is 25.5 Å². The zero-order valence-corrected chi connectivity index (χ0v) is 11.9. The van der Waals surface area contributed by atoms with Gasteiger partial charge in [-0.1, -0.05) is 30.3 Å². The molecule has 0 heterocycles. The molecule has 2 aromatic rings. The second kappa shape index (κ2) is 6.61. The van der Waals surface area contributed by atoms with E-state index < -0.39 is 0 Å². The van der Waals surface area contributed by atoms with Crippen LogP contribution in [0.1, 0.15) is 5.56 Å². The summed E-state index contributed by atoms with van der Waals surface area (Å²) in [7, 11) is 4.02. The Balaban J connectivity index is 1.95. The molecule has 0 atom stereocenters. The minimum Gasteiger partial charge on any atom is -0.378 e. The minimum absolute atomic E-state index is 0.423. The molecule has 0 aliphatic heterocycles. The van der Waals surface area contributed by atoms with E-state index in [4.69, 9.17) is 5.73 Å². The van der Waals surface area contributed by atoms with Crippen molar-refractivity contribution in [3.8, 4) is 0 Å². The zero-order valence-electron chi connectivity index (χ0n) is 11.9. The third-order valence-electron chi connectivity index (χ3n) is 2.93. The van der Waals surface area contributed by atoms with E-state index >= 15 is 0 Å². The zero-order chi connectivity index (χ0) is 14.4. The maximum Gasteiger partial charge on any atom is 0.193 e. The molecule has 2 rings (SSSR count). The molecule has 3 N–H and O–H groups in total. The summed E-state index contributed by atoms with van der Waals surface area (Å²) in [6, 6.07) is 18.1. The number of nitrogens with zero attached hydrogens (tertiary/aromatic N) is 2. The number of rotatable bonds is 4. The standard InChI is InChI=1S/C16H20N4/c1-20(2)15-10-8-14(9-11-15)19-16(17)18-12-13-6-4-3-5-7-13/h3-11H,12H2,1-2H3,(H3,17,18,19). The topological polar surface area (TPSA) is 53.6 Å². The van der Waals surface area contributed by atoms with Crippen LogP contribution < -0.4 is 16.0 Å². The Kier molecular flexibility index (Phi) is 4.60. The number of hydrogen-bond acceptors (Lipinski definition) is 2. The van der Waals surface area contributed by atoms with Gasteiger partial charge in [0.25, 0.3) is 0 Å². The van der Waals surface area contributed by atoms with E-state index in [1.54, 1.807) is 0 Å². The molecule has 0 saturated carbocycles. The molecule has 0 spiro atoms. The second-order valence-electron chi connectivity index (χ2n) is 4.75. The van der Waals surface area contributed by atoms with Gasteiger partial charge in [0.1, 0.15) is 0 Å². The maximum atomic E-state index is 5.88. The number of benzene rings is 2. The van der Waals surface area contributed by atoms with Crippen LogP contribution in [-0.4, -0.2) is 20.1 Å². The van der Waals surface area contributed by atoms with Gasteiger partial charge in [-0.15, -0.1) is 0 Å². The lowest BCUT2D eigenvalue weighted by Gasteiger charge is -2.13. The molecule has 0 aliphatic rings. The van der Waals surface area contributed by atoms with Crippen molar-refractivity contribution in [3.63, 3.8) is 0 Å². The molecule has 0 unspecified atom stereocenters. The molecule has 20 heavy (non-hydrogen) atoms. The monoisotopic (exact) mass is 268 g/mol. The quantitative estimate of drug-likeness (QED) is 0.662. The lowest BCUT2D eigenvalue weighted by molar-refractivity contribution is 1.06. The normalized spacial score (nSPS) is 11.2. The molecule has 104 valence electrons. The van der Waals surface area contributed by atoms with Crippen LogP contribution in [0.25, 0.3) is 0 Å². The molecular weight excluding hydrogens is 248 g/mol. The lowest BCUT2D eigenvalue weighted by Crippen LogP contribution is -2.22. The number of guanidine groups is 1. The summed E-state index contributed by atoms with van der Waals surface area (Å²) in [4.78, 5) is 6.37. The Bertz CT molecular complexity index is 559. The lowest BCUT2D eigenvalue weighted by atomic mass is 10.2. The van der Waals surface area contributed by atoms with Crippen LogP contribution in [0.5, 0.6) is 0 Å². The van der Waals surface area contributed by atoms with Crippen LogP contribution in [0.3, 0.4) is 0 Å². The predicted molar refractivity (Wildman–Crippen MR) is 86.2 cm³/mol. The van der Waals surface area contributed by atoms with Gasteiger partial charge < -0.3 is 16.0 Å². The van der Waals surface area contributed by atoms with E-state index in [2.05, 4.69) is 15.2 Å². The van der Waals surface area contributed by atoms with E-state index in [0.717, 1.165) is 16.9 Å². The number of nitrogens with one attached hydrogen (secondary N) is 1. The Hall–Kier alpha value is -2.49. The summed E-state index contributed by atoms with van der Waals surface area (Å²) < 4.78 is 0. The summed E-state index contributed by atoms with van der Waals surface area (Å²) in [5.74, 6) is 0.423. The average molecular weight is 268 g/mol. The van der Waals surface area contributed by atoms with Crippen LogP contribution in [0.4, 0.5) is 11.4 Å². The van der Waals surface area contributed by atoms with Crippen molar-refractivity contribution in [1.82, 2.24) is 0 Å². The van der Waals surface area contributed by atoms with Crippen molar-refractivity contribution in [1.29, 1.82) is 0 Å². The van der Waals surface area contributed by atoms with Crippen molar-refractivity contribution in [3.05, 3.63) is 60.2 Å². The van der Waals surface area contributed by atoms with Crippen LogP contribution in [0.2, 0.25) is 0 Å². The number of nitrogens with two attached hydrogens (primary N) is 1. The highest BCUT2D eigenvalue weighted by molar-refractivity contribution is 5.92. The Morgan fingerprint density at radius 2 is 1.70 bits per heavy atom. The van der Waals surface area contributed by atoms with E-state index in [-0.39, 0.29) is 0 Å². The summed E-state index contributed by atoms with van der Waals surface area (Å²) >= 11 is 0. The first-order chi connectivity index (χ1) is 9.65. The Morgan fingerprint density at radius 3 is 2.30 bits per heavy atom. The van der Waals surface area contributed by atoms with E-state index in [1.807, 2.05) is 68.7 Å². The van der Waals surface area contributed by atoms with Crippen molar-refractivity contribution < 1.29 is 0 Å². The Labute approximate surface area is 119 Å². The van der Waals surface area contributed by atoms with Gasteiger partial charge in [-0.25, -0.2) is 4.99 Å². The molecule has 0 fully saturated rings. The predicted octanol–water partition coefficient (Wildman–Crippen LogP) is 2.68.